The number of hydrogen-bond acceptors (Lipinski definition) is 7. The van der Waals surface area contributed by atoms with Gasteiger partial charge in [0, 0.05) is 32.4 Å². The van der Waals surface area contributed by atoms with Crippen LogP contribution in [0.4, 0.5) is 10.7 Å². The Bertz CT molecular complexity index is 687. The summed E-state index contributed by atoms with van der Waals surface area (Å²) >= 11 is 0. The molecule has 1 aliphatic heterocycles. The smallest absolute Gasteiger partial charge is 0.410 e. The van der Waals surface area contributed by atoms with E-state index >= 15 is 0 Å². The summed E-state index contributed by atoms with van der Waals surface area (Å²) in [6.07, 6.45) is 1.33. The van der Waals surface area contributed by atoms with Crippen LogP contribution >= 0.6 is 0 Å². The summed E-state index contributed by atoms with van der Waals surface area (Å²) in [4.78, 5) is 20.3. The number of nitrogens with zero attached hydrogens (tertiary/aromatic N) is 6. The number of ether oxygens (including phenoxy) is 1. The fourth-order valence-corrected chi connectivity index (χ4v) is 2.35. The zero-order valence-corrected chi connectivity index (χ0v) is 14.1. The minimum atomic E-state index is -0.483. The highest BCUT2D eigenvalue weighted by molar-refractivity contribution is 5.68. The van der Waals surface area contributed by atoms with Crippen molar-refractivity contribution in [2.45, 2.75) is 26.4 Å². The monoisotopic (exact) mass is 331 g/mol. The van der Waals surface area contributed by atoms with E-state index in [1.54, 1.807) is 17.2 Å². The molecule has 0 aliphatic carbocycles. The molecule has 0 spiro atoms. The highest BCUT2D eigenvalue weighted by Gasteiger charge is 2.27. The lowest BCUT2D eigenvalue weighted by atomic mass is 10.2. The zero-order valence-electron chi connectivity index (χ0n) is 14.1. The molecular weight excluding hydrogens is 310 g/mol. The molecule has 0 atom stereocenters. The normalized spacial score (nSPS) is 15.5. The van der Waals surface area contributed by atoms with E-state index in [2.05, 4.69) is 25.4 Å². The highest BCUT2D eigenvalue weighted by Crippen LogP contribution is 2.17. The molecule has 0 bridgehead atoms. The van der Waals surface area contributed by atoms with Gasteiger partial charge >= 0.3 is 6.09 Å². The van der Waals surface area contributed by atoms with Crippen molar-refractivity contribution >= 4 is 12.0 Å². The number of carbonyl (C=O) groups excluding carboxylic acids is 1. The lowest BCUT2D eigenvalue weighted by molar-refractivity contribution is 0.0240. The van der Waals surface area contributed by atoms with Crippen LogP contribution in [0.5, 0.6) is 0 Å². The first-order chi connectivity index (χ1) is 11.4. The van der Waals surface area contributed by atoms with Gasteiger partial charge in [-0.3, -0.25) is 5.10 Å². The Balaban J connectivity index is 1.59. The zero-order chi connectivity index (χ0) is 17.2. The number of hydrogen-bond donors (Lipinski definition) is 1. The van der Waals surface area contributed by atoms with Crippen LogP contribution in [-0.4, -0.2) is 68.2 Å². The summed E-state index contributed by atoms with van der Waals surface area (Å²) in [5.74, 6) is 1.17. The fourth-order valence-electron chi connectivity index (χ4n) is 2.35. The summed E-state index contributed by atoms with van der Waals surface area (Å²) in [6.45, 7) is 8.04. The molecule has 1 amide bonds. The fraction of sp³-hybridized carbons (Fsp3) is 0.533. The minimum absolute atomic E-state index is 0.280. The highest BCUT2D eigenvalue weighted by atomic mass is 16.6. The van der Waals surface area contributed by atoms with E-state index in [0.717, 1.165) is 0 Å². The van der Waals surface area contributed by atoms with Crippen molar-refractivity contribution in [2.75, 3.05) is 31.1 Å². The quantitative estimate of drug-likeness (QED) is 0.885. The SMILES string of the molecule is CC(C)(C)OC(=O)N1CCN(c2n[nH]c(-c3cccnn3)n2)CC1. The third-order valence-corrected chi connectivity index (χ3v) is 3.50. The molecule has 0 radical (unpaired) electrons. The molecule has 0 aromatic carbocycles. The first kappa shape index (κ1) is 16.2. The maximum atomic E-state index is 12.1. The first-order valence-electron chi connectivity index (χ1n) is 7.86. The molecular formula is C15H21N7O2. The van der Waals surface area contributed by atoms with Gasteiger partial charge < -0.3 is 14.5 Å². The van der Waals surface area contributed by atoms with Gasteiger partial charge in [-0.15, -0.1) is 10.2 Å². The van der Waals surface area contributed by atoms with Crippen LogP contribution in [0.3, 0.4) is 0 Å². The molecule has 1 fully saturated rings. The molecule has 0 saturated carbocycles. The van der Waals surface area contributed by atoms with Gasteiger partial charge in [0.1, 0.15) is 11.3 Å². The van der Waals surface area contributed by atoms with Gasteiger partial charge in [-0.05, 0) is 32.9 Å². The maximum absolute atomic E-state index is 12.1. The summed E-state index contributed by atoms with van der Waals surface area (Å²) in [6, 6.07) is 3.61. The van der Waals surface area contributed by atoms with Gasteiger partial charge in [0.2, 0.25) is 5.95 Å². The molecule has 128 valence electrons. The molecule has 3 rings (SSSR count). The summed E-state index contributed by atoms with van der Waals surface area (Å²) in [5, 5.41) is 14.9. The predicted octanol–water partition coefficient (Wildman–Crippen LogP) is 1.32. The molecule has 0 unspecified atom stereocenters. The van der Waals surface area contributed by atoms with E-state index in [1.807, 2.05) is 31.7 Å². The Morgan fingerprint density at radius 2 is 2.00 bits per heavy atom. The Morgan fingerprint density at radius 1 is 1.25 bits per heavy atom. The lowest BCUT2D eigenvalue weighted by Crippen LogP contribution is -2.50. The Labute approximate surface area is 140 Å². The van der Waals surface area contributed by atoms with Gasteiger partial charge in [-0.2, -0.15) is 10.1 Å². The average molecular weight is 331 g/mol. The van der Waals surface area contributed by atoms with Crippen molar-refractivity contribution < 1.29 is 9.53 Å². The molecule has 9 heteroatoms. The van der Waals surface area contributed by atoms with Gasteiger partial charge in [0.25, 0.3) is 0 Å². The average Bonchev–Trinajstić information content (AvgIpc) is 3.04. The van der Waals surface area contributed by atoms with Crippen molar-refractivity contribution in [1.82, 2.24) is 30.3 Å². The standard InChI is InChI=1S/C15H21N7O2/c1-15(2,3)24-14(23)22-9-7-21(8-10-22)13-17-12(19-20-13)11-5-4-6-16-18-11/h4-6H,7-10H2,1-3H3,(H,17,19,20). The van der Waals surface area contributed by atoms with Crippen molar-refractivity contribution in [3.8, 4) is 11.5 Å². The molecule has 9 nitrogen and oxygen atoms in total. The number of anilines is 1. The van der Waals surface area contributed by atoms with Crippen LogP contribution in [-0.2, 0) is 4.74 Å². The number of nitrogens with one attached hydrogen (secondary N) is 1. The summed E-state index contributed by atoms with van der Waals surface area (Å²) < 4.78 is 5.40. The van der Waals surface area contributed by atoms with Crippen molar-refractivity contribution in [3.05, 3.63) is 18.3 Å². The molecule has 1 N–H and O–H groups in total. The minimum Gasteiger partial charge on any atom is -0.444 e. The maximum Gasteiger partial charge on any atom is 0.410 e. The van der Waals surface area contributed by atoms with Crippen molar-refractivity contribution in [1.29, 1.82) is 0 Å². The predicted molar refractivity (Wildman–Crippen MR) is 87.4 cm³/mol. The second kappa shape index (κ2) is 6.42. The number of rotatable bonds is 2. The number of amides is 1. The van der Waals surface area contributed by atoms with E-state index in [0.29, 0.717) is 43.6 Å². The number of aromatic amines is 1. The van der Waals surface area contributed by atoms with Crippen molar-refractivity contribution in [3.63, 3.8) is 0 Å². The molecule has 1 saturated heterocycles. The van der Waals surface area contributed by atoms with Crippen LogP contribution < -0.4 is 4.90 Å². The van der Waals surface area contributed by atoms with Gasteiger partial charge in [0.15, 0.2) is 5.82 Å². The van der Waals surface area contributed by atoms with E-state index in [1.165, 1.54) is 0 Å². The largest absolute Gasteiger partial charge is 0.444 e. The van der Waals surface area contributed by atoms with Crippen molar-refractivity contribution in [2.24, 2.45) is 0 Å². The number of H-pyrrole nitrogens is 1. The molecule has 24 heavy (non-hydrogen) atoms. The number of aromatic nitrogens is 5. The molecule has 2 aromatic heterocycles. The second-order valence-corrected chi connectivity index (χ2v) is 6.55. The first-order valence-corrected chi connectivity index (χ1v) is 7.86. The summed E-state index contributed by atoms with van der Waals surface area (Å²) in [5.41, 5.74) is 0.160. The van der Waals surface area contributed by atoms with Gasteiger partial charge in [-0.1, -0.05) is 0 Å². The van der Waals surface area contributed by atoms with E-state index < -0.39 is 5.60 Å². The number of carbonyl (C=O) groups is 1. The Hall–Kier alpha value is -2.71. The van der Waals surface area contributed by atoms with Crippen LogP contribution in [0.1, 0.15) is 20.8 Å². The van der Waals surface area contributed by atoms with E-state index in [-0.39, 0.29) is 6.09 Å². The summed E-state index contributed by atoms with van der Waals surface area (Å²) in [7, 11) is 0. The van der Waals surface area contributed by atoms with Crippen LogP contribution in [0.25, 0.3) is 11.5 Å². The van der Waals surface area contributed by atoms with Crippen LogP contribution in [0.15, 0.2) is 18.3 Å². The Morgan fingerprint density at radius 3 is 2.62 bits per heavy atom. The van der Waals surface area contributed by atoms with E-state index in [9.17, 15) is 4.79 Å². The molecule has 1 aliphatic rings. The van der Waals surface area contributed by atoms with Crippen LogP contribution in [0.2, 0.25) is 0 Å². The lowest BCUT2D eigenvalue weighted by Gasteiger charge is -2.35. The van der Waals surface area contributed by atoms with E-state index in [4.69, 9.17) is 4.74 Å². The number of piperazine rings is 1. The van der Waals surface area contributed by atoms with Gasteiger partial charge in [-0.25, -0.2) is 4.79 Å². The van der Waals surface area contributed by atoms with Crippen LogP contribution in [0, 0.1) is 0 Å². The molecule has 3 heterocycles. The topological polar surface area (TPSA) is 100 Å². The third-order valence-electron chi connectivity index (χ3n) is 3.50. The van der Waals surface area contributed by atoms with Gasteiger partial charge in [0.05, 0.1) is 0 Å². The third kappa shape index (κ3) is 3.79. The second-order valence-electron chi connectivity index (χ2n) is 6.55. The molecule has 2 aromatic rings. The Kier molecular flexibility index (Phi) is 4.32.